The average Bonchev–Trinajstić information content (AvgIpc) is 2.59. The predicted molar refractivity (Wildman–Crippen MR) is 97.6 cm³/mol. The van der Waals surface area contributed by atoms with Crippen LogP contribution in [-0.4, -0.2) is 34.5 Å². The Bertz CT molecular complexity index is 896. The second kappa shape index (κ2) is 7.84. The van der Waals surface area contributed by atoms with Crippen molar-refractivity contribution in [1.82, 2.24) is 4.72 Å². The Labute approximate surface area is 152 Å². The molecule has 0 aliphatic carbocycles. The molecule has 0 saturated carbocycles. The Morgan fingerprint density at radius 1 is 1.15 bits per heavy atom. The summed E-state index contributed by atoms with van der Waals surface area (Å²) in [6.45, 7) is 3.39. The minimum atomic E-state index is -3.85. The molecule has 0 spiro atoms. The topological polar surface area (TPSA) is 75.7 Å². The molecule has 0 aromatic heterocycles. The number of nitrogens with zero attached hydrogens (tertiary/aromatic N) is 1. The molecule has 2 aromatic rings. The number of rotatable bonds is 6. The molecule has 2 aromatic carbocycles. The first kappa shape index (κ1) is 19.9. The fourth-order valence-corrected chi connectivity index (χ4v) is 3.82. The normalized spacial score (nSPS) is 11.5. The molecule has 0 aliphatic heterocycles. The van der Waals surface area contributed by atoms with Gasteiger partial charge in [0.25, 0.3) is 5.91 Å². The van der Waals surface area contributed by atoms with Crippen LogP contribution in [0, 0.1) is 5.82 Å². The van der Waals surface area contributed by atoms with Gasteiger partial charge in [-0.3, -0.25) is 4.79 Å². The number of anilines is 1. The van der Waals surface area contributed by atoms with Crippen LogP contribution in [0.1, 0.15) is 24.2 Å². The molecular formula is C18H21FN2O4S. The summed E-state index contributed by atoms with van der Waals surface area (Å²) in [5, 5.41) is 0. The number of hydrogen-bond acceptors (Lipinski definition) is 4. The summed E-state index contributed by atoms with van der Waals surface area (Å²) in [7, 11) is -0.964. The second-order valence-corrected chi connectivity index (χ2v) is 7.66. The van der Waals surface area contributed by atoms with Crippen LogP contribution in [0.5, 0.6) is 5.75 Å². The Kier molecular flexibility index (Phi) is 5.99. The molecule has 0 fully saturated rings. The van der Waals surface area contributed by atoms with E-state index >= 15 is 0 Å². The fraction of sp³-hybridized carbons (Fsp3) is 0.278. The molecule has 0 aliphatic rings. The lowest BCUT2D eigenvalue weighted by Gasteiger charge is -2.19. The van der Waals surface area contributed by atoms with Crippen molar-refractivity contribution in [3.8, 4) is 5.75 Å². The number of ether oxygens (including phenoxy) is 1. The molecule has 26 heavy (non-hydrogen) atoms. The number of halogens is 1. The summed E-state index contributed by atoms with van der Waals surface area (Å²) in [6.07, 6.45) is 0. The van der Waals surface area contributed by atoms with Crippen molar-refractivity contribution in [2.45, 2.75) is 24.8 Å². The third-order valence-corrected chi connectivity index (χ3v) is 5.29. The van der Waals surface area contributed by atoms with Gasteiger partial charge in [-0.05, 0) is 56.3 Å². The molecule has 1 amide bonds. The van der Waals surface area contributed by atoms with Crippen LogP contribution in [0.25, 0.3) is 0 Å². The predicted octanol–water partition coefficient (Wildman–Crippen LogP) is 2.80. The van der Waals surface area contributed by atoms with E-state index in [1.54, 1.807) is 13.8 Å². The van der Waals surface area contributed by atoms with Gasteiger partial charge in [0.1, 0.15) is 16.5 Å². The van der Waals surface area contributed by atoms with E-state index in [1.807, 2.05) is 0 Å². The van der Waals surface area contributed by atoms with Gasteiger partial charge in [0.15, 0.2) is 0 Å². The summed E-state index contributed by atoms with van der Waals surface area (Å²) < 4.78 is 45.7. The monoisotopic (exact) mass is 380 g/mol. The van der Waals surface area contributed by atoms with Crippen molar-refractivity contribution >= 4 is 21.6 Å². The molecule has 0 saturated heterocycles. The maximum Gasteiger partial charge on any atom is 0.258 e. The number of nitrogens with one attached hydrogen (secondary N) is 1. The lowest BCUT2D eigenvalue weighted by atomic mass is 10.1. The molecule has 6 nitrogen and oxygen atoms in total. The quantitative estimate of drug-likeness (QED) is 0.836. The van der Waals surface area contributed by atoms with Crippen LogP contribution < -0.4 is 14.4 Å². The van der Waals surface area contributed by atoms with Crippen LogP contribution in [0.15, 0.2) is 47.4 Å². The number of methoxy groups -OCH3 is 1. The highest BCUT2D eigenvalue weighted by Crippen LogP contribution is 2.26. The highest BCUT2D eigenvalue weighted by Gasteiger charge is 2.23. The van der Waals surface area contributed by atoms with E-state index in [0.29, 0.717) is 5.69 Å². The minimum Gasteiger partial charge on any atom is -0.495 e. The Hall–Kier alpha value is -2.45. The molecule has 8 heteroatoms. The minimum absolute atomic E-state index is 0.118. The molecule has 0 heterocycles. The number of carbonyl (C=O) groups excluding carboxylic acids is 1. The molecule has 140 valence electrons. The van der Waals surface area contributed by atoms with Crippen molar-refractivity contribution < 1.29 is 22.3 Å². The first-order chi connectivity index (χ1) is 12.2. The molecule has 2 rings (SSSR count). The summed E-state index contributed by atoms with van der Waals surface area (Å²) in [5.41, 5.74) is 0.652. The van der Waals surface area contributed by atoms with Gasteiger partial charge in [-0.25, -0.2) is 17.5 Å². The van der Waals surface area contributed by atoms with Gasteiger partial charge in [0.05, 0.1) is 7.11 Å². The largest absolute Gasteiger partial charge is 0.495 e. The van der Waals surface area contributed by atoms with Crippen molar-refractivity contribution in [3.05, 3.63) is 53.8 Å². The number of amides is 1. The summed E-state index contributed by atoms with van der Waals surface area (Å²) in [5.74, 6) is -0.702. The zero-order chi connectivity index (χ0) is 19.5. The summed E-state index contributed by atoms with van der Waals surface area (Å²) in [6, 6.07) is 9.29. The number of sulfonamides is 1. The van der Waals surface area contributed by atoms with Gasteiger partial charge in [-0.2, -0.15) is 0 Å². The van der Waals surface area contributed by atoms with Gasteiger partial charge >= 0.3 is 0 Å². The van der Waals surface area contributed by atoms with E-state index in [0.717, 1.165) is 0 Å². The lowest BCUT2D eigenvalue weighted by Crippen LogP contribution is -2.31. The third kappa shape index (κ3) is 4.39. The molecule has 1 N–H and O–H groups in total. The average molecular weight is 380 g/mol. The smallest absolute Gasteiger partial charge is 0.258 e. The zero-order valence-corrected chi connectivity index (χ0v) is 15.8. The van der Waals surface area contributed by atoms with Gasteiger partial charge in [-0.1, -0.05) is 0 Å². The summed E-state index contributed by atoms with van der Waals surface area (Å²) in [4.78, 5) is 13.9. The van der Waals surface area contributed by atoms with E-state index in [-0.39, 0.29) is 22.3 Å². The molecule has 0 atom stereocenters. The van der Waals surface area contributed by atoms with Crippen LogP contribution in [0.2, 0.25) is 0 Å². The van der Waals surface area contributed by atoms with Crippen molar-refractivity contribution in [3.63, 3.8) is 0 Å². The Morgan fingerprint density at radius 2 is 1.77 bits per heavy atom. The standard InChI is InChI=1S/C18H21FN2O4S/c1-12(2)20-26(23,24)17-11-13(5-10-16(17)25-4)18(22)21(3)15-8-6-14(19)7-9-15/h5-12,20H,1-4H3. The first-order valence-electron chi connectivity index (χ1n) is 7.89. The van der Waals surface area contributed by atoms with Gasteiger partial charge in [0, 0.05) is 24.3 Å². The van der Waals surface area contributed by atoms with Crippen LogP contribution in [0.3, 0.4) is 0 Å². The zero-order valence-electron chi connectivity index (χ0n) is 15.0. The Balaban J connectivity index is 2.42. The maximum absolute atomic E-state index is 13.1. The number of hydrogen-bond donors (Lipinski definition) is 1. The molecular weight excluding hydrogens is 359 g/mol. The maximum atomic E-state index is 13.1. The van der Waals surface area contributed by atoms with Crippen molar-refractivity contribution in [1.29, 1.82) is 0 Å². The van der Waals surface area contributed by atoms with E-state index in [1.165, 1.54) is 61.5 Å². The highest BCUT2D eigenvalue weighted by atomic mass is 32.2. The SMILES string of the molecule is COc1ccc(C(=O)N(C)c2ccc(F)cc2)cc1S(=O)(=O)NC(C)C. The van der Waals surface area contributed by atoms with Crippen molar-refractivity contribution in [2.75, 3.05) is 19.1 Å². The first-order valence-corrected chi connectivity index (χ1v) is 9.38. The van der Waals surface area contributed by atoms with Crippen LogP contribution in [0.4, 0.5) is 10.1 Å². The van der Waals surface area contributed by atoms with Gasteiger partial charge < -0.3 is 9.64 Å². The molecule has 0 bridgehead atoms. The second-order valence-electron chi connectivity index (χ2n) is 5.98. The van der Waals surface area contributed by atoms with Crippen molar-refractivity contribution in [2.24, 2.45) is 0 Å². The van der Waals surface area contributed by atoms with E-state index < -0.39 is 21.7 Å². The lowest BCUT2D eigenvalue weighted by molar-refractivity contribution is 0.0992. The van der Waals surface area contributed by atoms with Gasteiger partial charge in [0.2, 0.25) is 10.0 Å². The number of benzene rings is 2. The third-order valence-electron chi connectivity index (χ3n) is 3.61. The summed E-state index contributed by atoms with van der Waals surface area (Å²) >= 11 is 0. The van der Waals surface area contributed by atoms with Crippen LogP contribution >= 0.6 is 0 Å². The molecule has 0 unspecified atom stereocenters. The van der Waals surface area contributed by atoms with Gasteiger partial charge in [-0.15, -0.1) is 0 Å². The highest BCUT2D eigenvalue weighted by molar-refractivity contribution is 7.89. The van der Waals surface area contributed by atoms with E-state index in [9.17, 15) is 17.6 Å². The number of carbonyl (C=O) groups is 1. The van der Waals surface area contributed by atoms with E-state index in [2.05, 4.69) is 4.72 Å². The van der Waals surface area contributed by atoms with Crippen LogP contribution in [-0.2, 0) is 10.0 Å². The Morgan fingerprint density at radius 3 is 2.31 bits per heavy atom. The fourth-order valence-electron chi connectivity index (χ4n) is 2.37. The molecule has 0 radical (unpaired) electrons. The van der Waals surface area contributed by atoms with E-state index in [4.69, 9.17) is 4.74 Å².